The van der Waals surface area contributed by atoms with Crippen LogP contribution in [0.1, 0.15) is 22.8 Å². The maximum atomic E-state index is 12.3. The van der Waals surface area contributed by atoms with Crippen molar-refractivity contribution >= 4 is 23.2 Å². The van der Waals surface area contributed by atoms with Crippen LogP contribution in [0.2, 0.25) is 0 Å². The van der Waals surface area contributed by atoms with Gasteiger partial charge in [0.15, 0.2) is 11.6 Å². The first-order valence-corrected chi connectivity index (χ1v) is 8.33. The number of para-hydroxylation sites is 1. The number of rotatable bonds is 6. The number of aromatic nitrogens is 2. The number of nitrogens with zero attached hydrogens (tertiary/aromatic N) is 2. The van der Waals surface area contributed by atoms with Gasteiger partial charge in [-0.2, -0.15) is 0 Å². The monoisotopic (exact) mass is 348 g/mol. The lowest BCUT2D eigenvalue weighted by Gasteiger charge is -2.10. The molecule has 0 radical (unpaired) electrons. The highest BCUT2D eigenvalue weighted by Crippen LogP contribution is 2.20. The number of hydrogen-bond donors (Lipinski definition) is 2. The molecule has 0 fully saturated rings. The van der Waals surface area contributed by atoms with E-state index in [4.69, 9.17) is 4.74 Å². The smallest absolute Gasteiger partial charge is 0.256 e. The Morgan fingerprint density at radius 1 is 1.00 bits per heavy atom. The van der Waals surface area contributed by atoms with Crippen LogP contribution in [-0.2, 0) is 6.42 Å². The fraction of sp³-hybridized carbons (Fsp3) is 0.150. The maximum absolute atomic E-state index is 12.3. The van der Waals surface area contributed by atoms with Crippen molar-refractivity contribution in [2.45, 2.75) is 13.3 Å². The Kier molecular flexibility index (Phi) is 5.43. The van der Waals surface area contributed by atoms with Crippen molar-refractivity contribution in [2.75, 3.05) is 17.7 Å². The molecule has 6 heteroatoms. The van der Waals surface area contributed by atoms with Gasteiger partial charge in [0.05, 0.1) is 7.11 Å². The minimum absolute atomic E-state index is 0.268. The van der Waals surface area contributed by atoms with Gasteiger partial charge in [-0.05, 0) is 48.4 Å². The quantitative estimate of drug-likeness (QED) is 0.703. The molecule has 6 nitrogen and oxygen atoms in total. The SMILES string of the molecule is CCc1ccccc1Nc1ccc(NC(=O)c2cccc(OC)c2)nn1. The summed E-state index contributed by atoms with van der Waals surface area (Å²) >= 11 is 0. The van der Waals surface area contributed by atoms with Gasteiger partial charge in [-0.15, -0.1) is 10.2 Å². The van der Waals surface area contributed by atoms with Gasteiger partial charge in [-0.3, -0.25) is 4.79 Å². The molecule has 132 valence electrons. The van der Waals surface area contributed by atoms with Crippen LogP contribution in [0.3, 0.4) is 0 Å². The number of aryl methyl sites for hydroxylation is 1. The standard InChI is InChI=1S/C20H20N4O2/c1-3-14-7-4-5-10-17(14)21-18-11-12-19(24-23-18)22-20(25)15-8-6-9-16(13-15)26-2/h4-13H,3H2,1-2H3,(H,21,23)(H,22,24,25). The summed E-state index contributed by atoms with van der Waals surface area (Å²) in [6, 6.07) is 18.5. The van der Waals surface area contributed by atoms with E-state index in [0.29, 0.717) is 22.9 Å². The number of ether oxygens (including phenoxy) is 1. The minimum Gasteiger partial charge on any atom is -0.497 e. The van der Waals surface area contributed by atoms with Crippen molar-refractivity contribution in [3.8, 4) is 5.75 Å². The molecule has 0 bridgehead atoms. The van der Waals surface area contributed by atoms with Gasteiger partial charge in [-0.25, -0.2) is 0 Å². The molecule has 1 aromatic heterocycles. The number of methoxy groups -OCH3 is 1. The highest BCUT2D eigenvalue weighted by atomic mass is 16.5. The molecule has 26 heavy (non-hydrogen) atoms. The van der Waals surface area contributed by atoms with Crippen LogP contribution >= 0.6 is 0 Å². The van der Waals surface area contributed by atoms with Crippen LogP contribution < -0.4 is 15.4 Å². The van der Waals surface area contributed by atoms with Crippen molar-refractivity contribution in [3.05, 3.63) is 71.8 Å². The van der Waals surface area contributed by atoms with Crippen molar-refractivity contribution in [1.29, 1.82) is 0 Å². The molecule has 2 N–H and O–H groups in total. The lowest BCUT2D eigenvalue weighted by atomic mass is 10.1. The van der Waals surface area contributed by atoms with Crippen molar-refractivity contribution in [3.63, 3.8) is 0 Å². The second-order valence-corrected chi connectivity index (χ2v) is 5.63. The van der Waals surface area contributed by atoms with Crippen molar-refractivity contribution in [2.24, 2.45) is 0 Å². The molecule has 0 saturated heterocycles. The molecule has 0 saturated carbocycles. The third-order valence-corrected chi connectivity index (χ3v) is 3.90. The van der Waals surface area contributed by atoms with Gasteiger partial charge in [-0.1, -0.05) is 31.2 Å². The van der Waals surface area contributed by atoms with Crippen LogP contribution in [0.5, 0.6) is 5.75 Å². The fourth-order valence-electron chi connectivity index (χ4n) is 2.51. The molecule has 0 atom stereocenters. The molecular formula is C20H20N4O2. The minimum atomic E-state index is -0.268. The molecule has 1 amide bonds. The summed E-state index contributed by atoms with van der Waals surface area (Å²) in [5, 5.41) is 14.2. The van der Waals surface area contributed by atoms with E-state index in [1.165, 1.54) is 5.56 Å². The maximum Gasteiger partial charge on any atom is 0.256 e. The molecular weight excluding hydrogens is 328 g/mol. The summed E-state index contributed by atoms with van der Waals surface area (Å²) in [5.41, 5.74) is 2.69. The average Bonchev–Trinajstić information content (AvgIpc) is 2.70. The largest absolute Gasteiger partial charge is 0.497 e. The molecule has 0 aliphatic heterocycles. The Bertz CT molecular complexity index is 894. The zero-order valence-corrected chi connectivity index (χ0v) is 14.7. The zero-order chi connectivity index (χ0) is 18.4. The van der Waals surface area contributed by atoms with Gasteiger partial charge in [0.25, 0.3) is 5.91 Å². The Morgan fingerprint density at radius 3 is 2.50 bits per heavy atom. The molecule has 0 aliphatic rings. The van der Waals surface area contributed by atoms with Gasteiger partial charge >= 0.3 is 0 Å². The van der Waals surface area contributed by atoms with Gasteiger partial charge in [0.2, 0.25) is 0 Å². The number of nitrogens with one attached hydrogen (secondary N) is 2. The lowest BCUT2D eigenvalue weighted by Crippen LogP contribution is -2.13. The van der Waals surface area contributed by atoms with Gasteiger partial charge < -0.3 is 15.4 Å². The van der Waals surface area contributed by atoms with Crippen LogP contribution in [0, 0.1) is 0 Å². The molecule has 1 heterocycles. The topological polar surface area (TPSA) is 76.1 Å². The number of carbonyl (C=O) groups excluding carboxylic acids is 1. The molecule has 3 rings (SSSR count). The first kappa shape index (κ1) is 17.4. The van der Waals surface area contributed by atoms with Crippen molar-refractivity contribution < 1.29 is 9.53 Å². The number of anilines is 3. The Labute approximate surface area is 152 Å². The number of amides is 1. The van der Waals surface area contributed by atoms with Crippen molar-refractivity contribution in [1.82, 2.24) is 10.2 Å². The predicted octanol–water partition coefficient (Wildman–Crippen LogP) is 4.04. The molecule has 0 unspecified atom stereocenters. The van der Waals surface area contributed by atoms with E-state index in [1.54, 1.807) is 43.5 Å². The first-order chi connectivity index (χ1) is 12.7. The summed E-state index contributed by atoms with van der Waals surface area (Å²) < 4.78 is 5.13. The van der Waals surface area contributed by atoms with E-state index in [9.17, 15) is 4.79 Å². The molecule has 0 spiro atoms. The van der Waals surface area contributed by atoms with E-state index in [1.807, 2.05) is 18.2 Å². The van der Waals surface area contributed by atoms with E-state index in [2.05, 4.69) is 33.8 Å². The fourth-order valence-corrected chi connectivity index (χ4v) is 2.51. The van der Waals surface area contributed by atoms with E-state index >= 15 is 0 Å². The summed E-state index contributed by atoms with van der Waals surface area (Å²) in [7, 11) is 1.56. The second kappa shape index (κ2) is 8.11. The zero-order valence-electron chi connectivity index (χ0n) is 14.7. The first-order valence-electron chi connectivity index (χ1n) is 8.33. The van der Waals surface area contributed by atoms with Crippen LogP contribution in [0.4, 0.5) is 17.3 Å². The number of carbonyl (C=O) groups is 1. The second-order valence-electron chi connectivity index (χ2n) is 5.63. The summed E-state index contributed by atoms with van der Waals surface area (Å²) in [5.74, 6) is 1.35. The predicted molar refractivity (Wildman–Crippen MR) is 102 cm³/mol. The van der Waals surface area contributed by atoms with Crippen LogP contribution in [0.25, 0.3) is 0 Å². The van der Waals surface area contributed by atoms with Crippen LogP contribution in [-0.4, -0.2) is 23.2 Å². The van der Waals surface area contributed by atoms with E-state index in [0.717, 1.165) is 12.1 Å². The Morgan fingerprint density at radius 2 is 1.77 bits per heavy atom. The molecule has 3 aromatic rings. The molecule has 0 aliphatic carbocycles. The molecule has 2 aromatic carbocycles. The average molecular weight is 348 g/mol. The van der Waals surface area contributed by atoms with Gasteiger partial charge in [0.1, 0.15) is 5.75 Å². The normalized spacial score (nSPS) is 10.2. The number of hydrogen-bond acceptors (Lipinski definition) is 5. The summed E-state index contributed by atoms with van der Waals surface area (Å²) in [6.07, 6.45) is 0.922. The van der Waals surface area contributed by atoms with Crippen LogP contribution in [0.15, 0.2) is 60.7 Å². The Hall–Kier alpha value is -3.41. The third kappa shape index (κ3) is 4.16. The van der Waals surface area contributed by atoms with E-state index < -0.39 is 0 Å². The highest BCUT2D eigenvalue weighted by molar-refractivity contribution is 6.03. The van der Waals surface area contributed by atoms with E-state index in [-0.39, 0.29) is 5.91 Å². The summed E-state index contributed by atoms with van der Waals surface area (Å²) in [4.78, 5) is 12.3. The Balaban J connectivity index is 1.68. The highest BCUT2D eigenvalue weighted by Gasteiger charge is 2.09. The van der Waals surface area contributed by atoms with Gasteiger partial charge in [0, 0.05) is 11.3 Å². The lowest BCUT2D eigenvalue weighted by molar-refractivity contribution is 0.102. The number of benzene rings is 2. The summed E-state index contributed by atoms with van der Waals surface area (Å²) in [6.45, 7) is 2.10. The third-order valence-electron chi connectivity index (χ3n) is 3.90.